The van der Waals surface area contributed by atoms with Gasteiger partial charge >= 0.3 is 0 Å². The van der Waals surface area contributed by atoms with Crippen LogP contribution in [0.3, 0.4) is 0 Å². The molecule has 11 heteroatoms. The van der Waals surface area contributed by atoms with Gasteiger partial charge in [0, 0.05) is 5.39 Å². The summed E-state index contributed by atoms with van der Waals surface area (Å²) >= 11 is -2.86. The molecular formula is C21H29N2O7S2-. The Kier molecular flexibility index (Phi) is 13.5. The number of aryl methyl sites for hydroxylation is 1. The van der Waals surface area contributed by atoms with Crippen molar-refractivity contribution in [3.05, 3.63) is 60.2 Å². The zero-order chi connectivity index (χ0) is 24.9. The lowest BCUT2D eigenvalue weighted by Crippen LogP contribution is -1.97. The quantitative estimate of drug-likeness (QED) is 0.192. The van der Waals surface area contributed by atoms with E-state index >= 15 is 0 Å². The van der Waals surface area contributed by atoms with E-state index in [1.165, 1.54) is 6.07 Å². The Morgan fingerprint density at radius 1 is 0.906 bits per heavy atom. The van der Waals surface area contributed by atoms with Crippen molar-refractivity contribution in [1.29, 1.82) is 0 Å². The van der Waals surface area contributed by atoms with Gasteiger partial charge in [0.2, 0.25) is 0 Å². The van der Waals surface area contributed by atoms with Crippen LogP contribution in [0.2, 0.25) is 0 Å². The standard InChI is InChI=1S/C17H16N2O4S.2C2H6.H2O3S/c1-11-6-5-7-12-10-14(24(21,22)23)16(17(20)15(11)12)19-18-13-8-3-2-4-9-13;2*1-2;1-4(2)3/h2-10,20-23H,1H3;2*1-2H3;(H2,1,2,3)/p-1. The molecule has 32 heavy (non-hydrogen) atoms. The number of hydrogen-bond acceptors (Lipinski definition) is 8. The number of phenolic OH excluding ortho intramolecular Hbond substituents is 1. The number of hydrogen-bond donors (Lipinski definition) is 5. The van der Waals surface area contributed by atoms with Crippen LogP contribution in [0.25, 0.3) is 10.8 Å². The molecule has 0 bridgehead atoms. The highest BCUT2D eigenvalue weighted by molar-refractivity contribution is 8.19. The SMILES string of the molecule is CC.CC.Cc1cccc2cc(S(O)(O)O)c(N=Nc3ccccc3)c(O)c12.O=S([O-])O. The Bertz CT molecular complexity index is 1020. The van der Waals surface area contributed by atoms with Gasteiger partial charge in [-0.1, -0.05) is 64.1 Å². The molecule has 178 valence electrons. The molecule has 3 aromatic carbocycles. The Hall–Kier alpha value is -2.38. The van der Waals surface area contributed by atoms with E-state index in [0.29, 0.717) is 16.5 Å². The second-order valence-corrected chi connectivity index (χ2v) is 7.43. The van der Waals surface area contributed by atoms with Crippen LogP contribution in [-0.4, -0.2) is 32.1 Å². The molecular weight excluding hydrogens is 456 g/mol. The zero-order valence-electron chi connectivity index (χ0n) is 18.5. The van der Waals surface area contributed by atoms with Crippen LogP contribution in [0.5, 0.6) is 5.75 Å². The molecule has 0 fully saturated rings. The molecule has 3 aromatic rings. The van der Waals surface area contributed by atoms with E-state index in [9.17, 15) is 18.8 Å². The molecule has 0 radical (unpaired) electrons. The first-order valence-electron chi connectivity index (χ1n) is 9.62. The van der Waals surface area contributed by atoms with Crippen LogP contribution in [0.1, 0.15) is 33.3 Å². The number of rotatable bonds is 3. The molecule has 5 N–H and O–H groups in total. The highest BCUT2D eigenvalue weighted by Gasteiger charge is 2.25. The van der Waals surface area contributed by atoms with Gasteiger partial charge in [0.1, 0.15) is 16.6 Å². The van der Waals surface area contributed by atoms with E-state index in [1.807, 2.05) is 46.8 Å². The van der Waals surface area contributed by atoms with Crippen molar-refractivity contribution < 1.29 is 32.1 Å². The van der Waals surface area contributed by atoms with E-state index in [-0.39, 0.29) is 16.3 Å². The van der Waals surface area contributed by atoms with Crippen LogP contribution in [-0.2, 0) is 11.4 Å². The fourth-order valence-corrected chi connectivity index (χ4v) is 3.17. The number of azo groups is 1. The second kappa shape index (κ2) is 14.6. The topological polar surface area (TPSA) is 166 Å². The van der Waals surface area contributed by atoms with E-state index < -0.39 is 22.2 Å². The molecule has 0 heterocycles. The summed E-state index contributed by atoms with van der Waals surface area (Å²) in [4.78, 5) is -0.266. The average Bonchev–Trinajstić information content (AvgIpc) is 2.75. The maximum absolute atomic E-state index is 10.6. The third kappa shape index (κ3) is 9.01. The first kappa shape index (κ1) is 29.6. The first-order chi connectivity index (χ1) is 15.1. The molecule has 1 unspecified atom stereocenters. The maximum Gasteiger partial charge on any atom is 0.152 e. The maximum atomic E-state index is 10.6. The highest BCUT2D eigenvalue weighted by Crippen LogP contribution is 2.54. The van der Waals surface area contributed by atoms with Crippen LogP contribution in [0, 0.1) is 6.92 Å². The van der Waals surface area contributed by atoms with Crippen LogP contribution < -0.4 is 0 Å². The summed E-state index contributed by atoms with van der Waals surface area (Å²) in [5, 5.41) is 19.6. The minimum atomic E-state index is -4.08. The average molecular weight is 486 g/mol. The molecule has 0 aliphatic rings. The van der Waals surface area contributed by atoms with Crippen LogP contribution in [0.4, 0.5) is 11.4 Å². The number of fused-ring (bicyclic) bond motifs is 1. The van der Waals surface area contributed by atoms with Crippen molar-refractivity contribution in [1.82, 2.24) is 0 Å². The summed E-state index contributed by atoms with van der Waals surface area (Å²) in [5.74, 6) is -0.255. The molecule has 0 spiro atoms. The van der Waals surface area contributed by atoms with Crippen molar-refractivity contribution >= 4 is 44.4 Å². The highest BCUT2D eigenvalue weighted by atomic mass is 32.3. The molecule has 0 saturated carbocycles. The summed E-state index contributed by atoms with van der Waals surface area (Å²) in [6, 6.07) is 15.5. The molecule has 0 aliphatic heterocycles. The van der Waals surface area contributed by atoms with Gasteiger partial charge in [-0.3, -0.25) is 0 Å². The summed E-state index contributed by atoms with van der Waals surface area (Å²) in [6.45, 7) is 9.82. The number of benzene rings is 3. The third-order valence-electron chi connectivity index (χ3n) is 3.60. The van der Waals surface area contributed by atoms with Crippen molar-refractivity contribution in [2.45, 2.75) is 39.5 Å². The Morgan fingerprint density at radius 2 is 1.44 bits per heavy atom. The summed E-state index contributed by atoms with van der Waals surface area (Å²) < 4.78 is 53.2. The lowest BCUT2D eigenvalue weighted by Gasteiger charge is -2.22. The predicted molar refractivity (Wildman–Crippen MR) is 129 cm³/mol. The van der Waals surface area contributed by atoms with Crippen molar-refractivity contribution in [3.8, 4) is 5.75 Å². The number of phenols is 1. The second-order valence-electron chi connectivity index (χ2n) is 5.52. The lowest BCUT2D eigenvalue weighted by molar-refractivity contribution is 0.375. The van der Waals surface area contributed by atoms with E-state index in [1.54, 1.807) is 36.4 Å². The van der Waals surface area contributed by atoms with Gasteiger partial charge in [-0.2, -0.15) is 5.11 Å². The zero-order valence-corrected chi connectivity index (χ0v) is 20.1. The van der Waals surface area contributed by atoms with E-state index in [0.717, 1.165) is 5.56 Å². The minimum Gasteiger partial charge on any atom is -0.750 e. The monoisotopic (exact) mass is 485 g/mol. The summed E-state index contributed by atoms with van der Waals surface area (Å²) in [5.41, 5.74) is 1.16. The Balaban J connectivity index is 0.00000106. The van der Waals surface area contributed by atoms with Gasteiger partial charge < -0.3 is 27.9 Å². The lowest BCUT2D eigenvalue weighted by atomic mass is 10.0. The smallest absolute Gasteiger partial charge is 0.152 e. The molecule has 0 aliphatic carbocycles. The van der Waals surface area contributed by atoms with Gasteiger partial charge in [-0.15, -0.1) is 5.11 Å². The molecule has 0 saturated heterocycles. The van der Waals surface area contributed by atoms with E-state index in [2.05, 4.69) is 10.2 Å². The summed E-state index contributed by atoms with van der Waals surface area (Å²) in [7, 11) is -4.08. The van der Waals surface area contributed by atoms with Gasteiger partial charge in [0.15, 0.2) is 5.75 Å². The molecule has 0 aromatic heterocycles. The minimum absolute atomic E-state index is 0.164. The molecule has 3 rings (SSSR count). The number of aromatic hydroxyl groups is 1. The van der Waals surface area contributed by atoms with Gasteiger partial charge in [-0.05, 0) is 36.1 Å². The third-order valence-corrected chi connectivity index (χ3v) is 4.50. The largest absolute Gasteiger partial charge is 0.750 e. The first-order valence-corrected chi connectivity index (χ1v) is 12.2. The fourth-order valence-electron chi connectivity index (χ4n) is 2.49. The molecule has 1 atom stereocenters. The summed E-state index contributed by atoms with van der Waals surface area (Å²) in [6.07, 6.45) is 0. The van der Waals surface area contributed by atoms with Crippen LogP contribution in [0.15, 0.2) is 69.7 Å². The van der Waals surface area contributed by atoms with Crippen molar-refractivity contribution in [2.75, 3.05) is 0 Å². The van der Waals surface area contributed by atoms with Gasteiger partial charge in [0.05, 0.1) is 21.9 Å². The Labute approximate surface area is 192 Å². The fraction of sp³-hybridized carbons (Fsp3) is 0.238. The van der Waals surface area contributed by atoms with Crippen molar-refractivity contribution in [2.24, 2.45) is 10.2 Å². The normalized spacial score (nSPS) is 11.9. The van der Waals surface area contributed by atoms with Crippen molar-refractivity contribution in [3.63, 3.8) is 0 Å². The molecule has 9 nitrogen and oxygen atoms in total. The van der Waals surface area contributed by atoms with Gasteiger partial charge in [-0.25, -0.2) is 4.21 Å². The molecule has 0 amide bonds. The Morgan fingerprint density at radius 3 is 1.94 bits per heavy atom. The van der Waals surface area contributed by atoms with E-state index in [4.69, 9.17) is 13.3 Å². The van der Waals surface area contributed by atoms with Gasteiger partial charge in [0.25, 0.3) is 0 Å². The number of nitrogens with zero attached hydrogens (tertiary/aromatic N) is 2. The predicted octanol–water partition coefficient (Wildman–Crippen LogP) is 7.24. The van der Waals surface area contributed by atoms with Crippen LogP contribution >= 0.6 is 10.9 Å².